The molecular weight excluding hydrogens is 446 g/mol. The number of nitro benzene ring substituents is 1. The van der Waals surface area contributed by atoms with Gasteiger partial charge in [0.05, 0.1) is 9.82 Å². The van der Waals surface area contributed by atoms with Crippen molar-refractivity contribution in [2.24, 2.45) is 0 Å². The number of nitro groups is 1. The largest absolute Gasteiger partial charge is 0.322 e. The maximum atomic E-state index is 12.6. The first kappa shape index (κ1) is 23.6. The Morgan fingerprint density at radius 1 is 0.848 bits per heavy atom. The first-order valence-electron chi connectivity index (χ1n) is 9.74. The van der Waals surface area contributed by atoms with Crippen LogP contribution in [-0.4, -0.2) is 31.4 Å². The van der Waals surface area contributed by atoms with Crippen LogP contribution in [0.15, 0.2) is 65.6 Å². The summed E-state index contributed by atoms with van der Waals surface area (Å²) in [6.07, 6.45) is 1.07. The van der Waals surface area contributed by atoms with Crippen LogP contribution < -0.4 is 10.6 Å². The Morgan fingerprint density at radius 2 is 1.52 bits per heavy atom. The fraction of sp³-hybridized carbons (Fsp3) is 0.130. The highest BCUT2D eigenvalue weighted by atomic mass is 32.2. The average Bonchev–Trinajstić information content (AvgIpc) is 2.75. The van der Waals surface area contributed by atoms with Gasteiger partial charge in [-0.25, -0.2) is 8.42 Å². The van der Waals surface area contributed by atoms with Crippen LogP contribution in [0.3, 0.4) is 0 Å². The van der Waals surface area contributed by atoms with Crippen LogP contribution in [0.5, 0.6) is 0 Å². The molecule has 0 aromatic heterocycles. The normalized spacial score (nSPS) is 11.0. The summed E-state index contributed by atoms with van der Waals surface area (Å²) < 4.78 is 23.4. The molecule has 0 unspecified atom stereocenters. The van der Waals surface area contributed by atoms with Crippen molar-refractivity contribution in [3.05, 3.63) is 93.0 Å². The molecule has 3 rings (SSSR count). The number of rotatable bonds is 6. The van der Waals surface area contributed by atoms with Crippen molar-refractivity contribution in [2.45, 2.75) is 18.7 Å². The maximum Gasteiger partial charge on any atom is 0.273 e. The van der Waals surface area contributed by atoms with E-state index in [2.05, 4.69) is 10.6 Å². The summed E-state index contributed by atoms with van der Waals surface area (Å²) in [6, 6.07) is 14.8. The molecule has 0 atom stereocenters. The molecule has 3 aromatic rings. The molecule has 2 amide bonds. The minimum absolute atomic E-state index is 0.0428. The molecule has 0 spiro atoms. The van der Waals surface area contributed by atoms with Crippen LogP contribution in [0.2, 0.25) is 0 Å². The number of aryl methyl sites for hydroxylation is 2. The quantitative estimate of drug-likeness (QED) is 0.413. The van der Waals surface area contributed by atoms with Crippen molar-refractivity contribution in [1.82, 2.24) is 0 Å². The Kier molecular flexibility index (Phi) is 6.59. The van der Waals surface area contributed by atoms with Gasteiger partial charge in [0.25, 0.3) is 17.5 Å². The molecule has 0 saturated heterocycles. The van der Waals surface area contributed by atoms with Gasteiger partial charge < -0.3 is 10.6 Å². The number of sulfone groups is 1. The van der Waals surface area contributed by atoms with E-state index < -0.39 is 26.6 Å². The standard InChI is InChI=1S/C23H21N3O6S/c1-14-7-8-17(13-21(14)26(29)30)22(27)24-18-9-10-20(15(2)11-18)25-23(28)16-5-4-6-19(12-16)33(3,31)32/h4-13H,1-3H3,(H,24,27)(H,25,28). The van der Waals surface area contributed by atoms with Gasteiger partial charge in [-0.15, -0.1) is 0 Å². The minimum Gasteiger partial charge on any atom is -0.322 e. The number of hydrogen-bond donors (Lipinski definition) is 2. The second kappa shape index (κ2) is 9.21. The summed E-state index contributed by atoms with van der Waals surface area (Å²) >= 11 is 0. The first-order chi connectivity index (χ1) is 15.5. The molecule has 0 aliphatic rings. The molecule has 0 bridgehead atoms. The van der Waals surface area contributed by atoms with Crippen LogP contribution in [0, 0.1) is 24.0 Å². The number of hydrogen-bond acceptors (Lipinski definition) is 6. The van der Waals surface area contributed by atoms with E-state index in [4.69, 9.17) is 0 Å². The predicted molar refractivity (Wildman–Crippen MR) is 124 cm³/mol. The van der Waals surface area contributed by atoms with Gasteiger partial charge in [-0.05, 0) is 61.9 Å². The highest BCUT2D eigenvalue weighted by molar-refractivity contribution is 7.90. The third kappa shape index (κ3) is 5.60. The van der Waals surface area contributed by atoms with Gasteiger partial charge in [0.2, 0.25) is 0 Å². The number of carbonyl (C=O) groups is 2. The number of carbonyl (C=O) groups excluding carboxylic acids is 2. The smallest absolute Gasteiger partial charge is 0.273 e. The van der Waals surface area contributed by atoms with Gasteiger partial charge in [0, 0.05) is 40.4 Å². The summed E-state index contributed by atoms with van der Waals surface area (Å²) in [6.45, 7) is 3.32. The van der Waals surface area contributed by atoms with E-state index in [9.17, 15) is 28.1 Å². The second-order valence-electron chi connectivity index (χ2n) is 7.50. The highest BCUT2D eigenvalue weighted by Gasteiger charge is 2.16. The topological polar surface area (TPSA) is 135 Å². The molecule has 0 saturated carbocycles. The zero-order valence-corrected chi connectivity index (χ0v) is 18.9. The van der Waals surface area contributed by atoms with E-state index in [-0.39, 0.29) is 21.7 Å². The lowest BCUT2D eigenvalue weighted by molar-refractivity contribution is -0.385. The van der Waals surface area contributed by atoms with E-state index in [1.54, 1.807) is 32.0 Å². The highest BCUT2D eigenvalue weighted by Crippen LogP contribution is 2.23. The summed E-state index contributed by atoms with van der Waals surface area (Å²) in [5.74, 6) is -0.987. The third-order valence-corrected chi connectivity index (χ3v) is 6.04. The summed E-state index contributed by atoms with van der Waals surface area (Å²) in [5.41, 5.74) is 2.22. The molecule has 0 radical (unpaired) electrons. The van der Waals surface area contributed by atoms with Gasteiger partial charge in [-0.2, -0.15) is 0 Å². The molecule has 0 aliphatic heterocycles. The van der Waals surface area contributed by atoms with Crippen LogP contribution >= 0.6 is 0 Å². The van der Waals surface area contributed by atoms with E-state index in [0.29, 0.717) is 22.5 Å². The Labute approximate surface area is 190 Å². The Hall–Kier alpha value is -4.05. The van der Waals surface area contributed by atoms with E-state index in [1.807, 2.05) is 0 Å². The van der Waals surface area contributed by atoms with Crippen LogP contribution in [0.25, 0.3) is 0 Å². The van der Waals surface area contributed by atoms with Crippen molar-refractivity contribution in [3.63, 3.8) is 0 Å². The van der Waals surface area contributed by atoms with Crippen molar-refractivity contribution in [1.29, 1.82) is 0 Å². The lowest BCUT2D eigenvalue weighted by Crippen LogP contribution is -2.15. The maximum absolute atomic E-state index is 12.6. The number of benzene rings is 3. The fourth-order valence-electron chi connectivity index (χ4n) is 3.09. The molecule has 0 aliphatic carbocycles. The van der Waals surface area contributed by atoms with Gasteiger partial charge in [0.1, 0.15) is 0 Å². The Bertz CT molecular complexity index is 1380. The lowest BCUT2D eigenvalue weighted by Gasteiger charge is -2.12. The van der Waals surface area contributed by atoms with Crippen molar-refractivity contribution < 1.29 is 22.9 Å². The van der Waals surface area contributed by atoms with E-state index >= 15 is 0 Å². The summed E-state index contributed by atoms with van der Waals surface area (Å²) in [4.78, 5) is 35.7. The van der Waals surface area contributed by atoms with Crippen LogP contribution in [0.4, 0.5) is 17.1 Å². The molecule has 9 nitrogen and oxygen atoms in total. The molecule has 170 valence electrons. The molecule has 10 heteroatoms. The molecule has 3 aromatic carbocycles. The van der Waals surface area contributed by atoms with Crippen molar-refractivity contribution in [3.8, 4) is 0 Å². The average molecular weight is 468 g/mol. The van der Waals surface area contributed by atoms with Gasteiger partial charge in [-0.3, -0.25) is 19.7 Å². The number of amides is 2. The molecular formula is C23H21N3O6S. The second-order valence-corrected chi connectivity index (χ2v) is 9.51. The number of nitrogens with one attached hydrogen (secondary N) is 2. The first-order valence-corrected chi connectivity index (χ1v) is 11.6. The van der Waals surface area contributed by atoms with Crippen LogP contribution in [-0.2, 0) is 9.84 Å². The predicted octanol–water partition coefficient (Wildman–Crippen LogP) is 4.12. The Morgan fingerprint density at radius 3 is 2.15 bits per heavy atom. The van der Waals surface area contributed by atoms with Gasteiger partial charge >= 0.3 is 0 Å². The lowest BCUT2D eigenvalue weighted by atomic mass is 10.1. The zero-order valence-electron chi connectivity index (χ0n) is 18.1. The number of nitrogens with zero attached hydrogens (tertiary/aromatic N) is 1. The molecule has 0 heterocycles. The van der Waals surface area contributed by atoms with Crippen molar-refractivity contribution >= 4 is 38.7 Å². The molecule has 0 fully saturated rings. The summed E-state index contributed by atoms with van der Waals surface area (Å²) in [7, 11) is -3.45. The van der Waals surface area contributed by atoms with Gasteiger partial charge in [0.15, 0.2) is 9.84 Å². The third-order valence-electron chi connectivity index (χ3n) is 4.92. The van der Waals surface area contributed by atoms with Crippen LogP contribution in [0.1, 0.15) is 31.8 Å². The van der Waals surface area contributed by atoms with Gasteiger partial charge in [-0.1, -0.05) is 12.1 Å². The minimum atomic E-state index is -3.45. The Balaban J connectivity index is 1.75. The summed E-state index contributed by atoms with van der Waals surface area (Å²) in [5, 5.41) is 16.5. The van der Waals surface area contributed by atoms with E-state index in [0.717, 1.165) is 6.26 Å². The molecule has 2 N–H and O–H groups in total. The number of anilines is 2. The zero-order chi connectivity index (χ0) is 24.3. The monoisotopic (exact) mass is 467 g/mol. The SMILES string of the molecule is Cc1cc(NC(=O)c2ccc(C)c([N+](=O)[O-])c2)ccc1NC(=O)c1cccc(S(C)(=O)=O)c1. The molecule has 33 heavy (non-hydrogen) atoms. The van der Waals surface area contributed by atoms with E-state index in [1.165, 1.54) is 42.5 Å². The van der Waals surface area contributed by atoms with Crippen molar-refractivity contribution in [2.75, 3.05) is 16.9 Å². The fourth-order valence-corrected chi connectivity index (χ4v) is 3.76.